The number of hydrogen-bond acceptors (Lipinski definition) is 1. The largest absolute Gasteiger partial charge is 0.317 e. The Morgan fingerprint density at radius 1 is 0.717 bits per heavy atom. The third kappa shape index (κ3) is 5.60. The van der Waals surface area contributed by atoms with Crippen molar-refractivity contribution in [2.75, 3.05) is 4.90 Å². The van der Waals surface area contributed by atoms with Crippen LogP contribution in [-0.2, 0) is 6.42 Å². The molecular weight excluding hydrogens is 641 g/mol. The molecule has 0 radical (unpaired) electrons. The van der Waals surface area contributed by atoms with Crippen molar-refractivity contribution in [2.45, 2.75) is 83.5 Å². The Balaban J connectivity index is 0.986. The summed E-state index contributed by atoms with van der Waals surface area (Å²) in [5.74, 6) is 2.89. The number of nitrogens with zero attached hydrogens (tertiary/aromatic N) is 2. The van der Waals surface area contributed by atoms with E-state index in [4.69, 9.17) is 0 Å². The molecule has 0 spiro atoms. The van der Waals surface area contributed by atoms with E-state index < -0.39 is 0 Å². The van der Waals surface area contributed by atoms with Gasteiger partial charge in [0.25, 0.3) is 0 Å². The molecule has 0 bridgehead atoms. The number of anilines is 1. The fourth-order valence-corrected chi connectivity index (χ4v) is 10.9. The lowest BCUT2D eigenvalue weighted by Crippen LogP contribution is -2.25. The molecule has 2 nitrogen and oxygen atoms in total. The average molecular weight is 693 g/mol. The van der Waals surface area contributed by atoms with Gasteiger partial charge in [-0.05, 0) is 135 Å². The quantitative estimate of drug-likeness (QED) is 0.234. The second-order valence-electron chi connectivity index (χ2n) is 16.9. The smallest absolute Gasteiger partial charge is 0.0534 e. The van der Waals surface area contributed by atoms with Crippen LogP contribution in [0.2, 0.25) is 0 Å². The maximum atomic E-state index is 2.59. The van der Waals surface area contributed by atoms with Crippen LogP contribution in [0.4, 0.5) is 5.69 Å². The van der Waals surface area contributed by atoms with Crippen LogP contribution in [0, 0.1) is 23.2 Å². The highest BCUT2D eigenvalue weighted by Gasteiger charge is 2.51. The first-order chi connectivity index (χ1) is 26.0. The number of rotatable bonds is 6. The summed E-state index contributed by atoms with van der Waals surface area (Å²) in [6.45, 7) is 5.01. The number of hydrogen-bond donors (Lipinski definition) is 0. The van der Waals surface area contributed by atoms with Crippen molar-refractivity contribution in [1.82, 2.24) is 4.57 Å². The lowest BCUT2D eigenvalue weighted by Gasteiger charge is -2.35. The molecule has 266 valence electrons. The molecule has 7 aliphatic carbocycles. The molecule has 0 N–H and O–H groups in total. The maximum absolute atomic E-state index is 2.59. The van der Waals surface area contributed by atoms with E-state index in [1.807, 2.05) is 0 Å². The predicted octanol–water partition coefficient (Wildman–Crippen LogP) is 13.3. The number of allylic oxidation sites excluding steroid dienone is 17. The van der Waals surface area contributed by atoms with Crippen molar-refractivity contribution in [2.24, 2.45) is 23.2 Å². The molecule has 1 heterocycles. The zero-order chi connectivity index (χ0) is 35.5. The fourth-order valence-electron chi connectivity index (χ4n) is 10.9. The summed E-state index contributed by atoms with van der Waals surface area (Å²) in [6.07, 6.45) is 48.3. The summed E-state index contributed by atoms with van der Waals surface area (Å²) in [4.78, 5) is 2.56. The van der Waals surface area contributed by atoms with Crippen molar-refractivity contribution in [1.29, 1.82) is 0 Å². The van der Waals surface area contributed by atoms with Crippen LogP contribution in [0.15, 0.2) is 151 Å². The van der Waals surface area contributed by atoms with Gasteiger partial charge in [0.2, 0.25) is 0 Å². The summed E-state index contributed by atoms with van der Waals surface area (Å²) in [6, 6.07) is 16.8. The van der Waals surface area contributed by atoms with Gasteiger partial charge >= 0.3 is 0 Å². The minimum atomic E-state index is 0.181. The molecule has 5 atom stereocenters. The molecule has 1 aromatic heterocycles. The van der Waals surface area contributed by atoms with Crippen LogP contribution >= 0.6 is 0 Å². The highest BCUT2D eigenvalue weighted by atomic mass is 15.2. The van der Waals surface area contributed by atoms with Gasteiger partial charge < -0.3 is 9.47 Å². The summed E-state index contributed by atoms with van der Waals surface area (Å²) in [7, 11) is 0. The molecule has 2 heteroatoms. The summed E-state index contributed by atoms with van der Waals surface area (Å²) in [5, 5.41) is 1.40. The predicted molar refractivity (Wildman–Crippen MR) is 224 cm³/mol. The van der Waals surface area contributed by atoms with Gasteiger partial charge in [0, 0.05) is 51.3 Å². The summed E-state index contributed by atoms with van der Waals surface area (Å²) < 4.78 is 2.58. The fraction of sp³-hybridized carbons (Fsp3) is 0.333. The molecule has 3 aromatic rings. The first-order valence-electron chi connectivity index (χ1n) is 20.4. The molecule has 53 heavy (non-hydrogen) atoms. The monoisotopic (exact) mass is 692 g/mol. The molecule has 0 saturated heterocycles. The standard InChI is InChI=1S/C51H52N2/c1-51(2)47-19-11-9-17-43(47)44-31-30-42(34-48(44)51)52(40-26-21-36(22-27-40)35-13-5-3-6-14-35)41-28-23-37(24-29-41)38-25-32-50-46(33-38)45-18-10-12-20-49(45)53(50)39-15-7-4-8-16-39/h3-7,10-11,13,15,18-19,21-23,25-30,32-35,37,43-44,47H,8-9,12,14,16-17,20,24,31H2,1-2H3. The Morgan fingerprint density at radius 2 is 1.57 bits per heavy atom. The van der Waals surface area contributed by atoms with Crippen LogP contribution in [0.1, 0.15) is 99.4 Å². The Bertz CT molecular complexity index is 2260. The third-order valence-electron chi connectivity index (χ3n) is 13.7. The van der Waals surface area contributed by atoms with E-state index in [1.165, 1.54) is 68.9 Å². The summed E-state index contributed by atoms with van der Waals surface area (Å²) in [5.41, 5.74) is 14.2. The Morgan fingerprint density at radius 3 is 2.38 bits per heavy atom. The lowest BCUT2D eigenvalue weighted by atomic mass is 9.74. The zero-order valence-electron chi connectivity index (χ0n) is 31.4. The molecule has 0 aliphatic heterocycles. The highest BCUT2D eigenvalue weighted by molar-refractivity contribution is 5.95. The van der Waals surface area contributed by atoms with E-state index in [9.17, 15) is 0 Å². The minimum Gasteiger partial charge on any atom is -0.317 e. The van der Waals surface area contributed by atoms with Crippen LogP contribution in [-0.4, -0.2) is 4.57 Å². The first-order valence-corrected chi connectivity index (χ1v) is 20.4. The van der Waals surface area contributed by atoms with Crippen LogP contribution in [0.3, 0.4) is 0 Å². The van der Waals surface area contributed by atoms with Crippen LogP contribution in [0.5, 0.6) is 0 Å². The molecule has 1 fully saturated rings. The van der Waals surface area contributed by atoms with Crippen molar-refractivity contribution >= 4 is 28.4 Å². The van der Waals surface area contributed by atoms with E-state index in [0.29, 0.717) is 23.7 Å². The average Bonchev–Trinajstić information content (AvgIpc) is 3.67. The minimum absolute atomic E-state index is 0.181. The van der Waals surface area contributed by atoms with Crippen LogP contribution < -0.4 is 4.90 Å². The van der Waals surface area contributed by atoms with Crippen molar-refractivity contribution in [3.63, 3.8) is 0 Å². The highest BCUT2D eigenvalue weighted by Crippen LogP contribution is 2.60. The van der Waals surface area contributed by atoms with Gasteiger partial charge in [-0.2, -0.15) is 0 Å². The zero-order valence-corrected chi connectivity index (χ0v) is 31.4. The Hall–Kier alpha value is -4.82. The molecular formula is C51H52N2. The number of benzene rings is 2. The molecule has 7 aliphatic rings. The Kier molecular flexibility index (Phi) is 8.19. The van der Waals surface area contributed by atoms with Crippen molar-refractivity contribution in [3.8, 4) is 0 Å². The number of fused-ring (bicyclic) bond motifs is 6. The molecule has 5 unspecified atom stereocenters. The van der Waals surface area contributed by atoms with Gasteiger partial charge in [0.15, 0.2) is 0 Å². The maximum Gasteiger partial charge on any atom is 0.0534 e. The lowest BCUT2D eigenvalue weighted by molar-refractivity contribution is 0.260. The normalized spacial score (nSPS) is 27.8. The van der Waals surface area contributed by atoms with E-state index in [2.05, 4.69) is 163 Å². The van der Waals surface area contributed by atoms with Crippen molar-refractivity contribution in [3.05, 3.63) is 173 Å². The van der Waals surface area contributed by atoms with Gasteiger partial charge in [0.05, 0.1) is 5.52 Å². The molecule has 0 amide bonds. The van der Waals surface area contributed by atoms with E-state index in [-0.39, 0.29) is 5.41 Å². The molecule has 2 aromatic carbocycles. The number of aromatic nitrogens is 1. The van der Waals surface area contributed by atoms with Gasteiger partial charge in [-0.25, -0.2) is 0 Å². The molecule has 1 saturated carbocycles. The topological polar surface area (TPSA) is 8.17 Å². The summed E-state index contributed by atoms with van der Waals surface area (Å²) >= 11 is 0. The van der Waals surface area contributed by atoms with E-state index in [0.717, 1.165) is 50.9 Å². The van der Waals surface area contributed by atoms with Crippen LogP contribution in [0.25, 0.3) is 22.7 Å². The van der Waals surface area contributed by atoms with Gasteiger partial charge in [-0.1, -0.05) is 117 Å². The first kappa shape index (κ1) is 32.8. The Labute approximate surface area is 316 Å². The van der Waals surface area contributed by atoms with Gasteiger partial charge in [0.1, 0.15) is 0 Å². The van der Waals surface area contributed by atoms with E-state index in [1.54, 1.807) is 5.57 Å². The SMILES string of the molecule is CC1(C)C2=CC(N(C3=CCC(c4ccc5c(c4)c4c(n5C5=CC=CCC5)CCC=C4)C=C3)c3ccc(C4C=CC=CC4)cc3)=CCC2C2CCC=CC21. The van der Waals surface area contributed by atoms with Crippen molar-refractivity contribution < 1.29 is 0 Å². The van der Waals surface area contributed by atoms with Gasteiger partial charge in [-0.15, -0.1) is 0 Å². The van der Waals surface area contributed by atoms with Gasteiger partial charge in [-0.3, -0.25) is 0 Å². The molecule has 10 rings (SSSR count). The third-order valence-corrected chi connectivity index (χ3v) is 13.7. The second kappa shape index (κ2) is 13.2. The second-order valence-corrected chi connectivity index (χ2v) is 16.9. The van der Waals surface area contributed by atoms with E-state index >= 15 is 0 Å².